The molecule has 1 unspecified atom stereocenters. The number of ether oxygens (including phenoxy) is 2. The molecule has 7 heteroatoms. The average molecular weight is 334 g/mol. The molecule has 120 valence electrons. The van der Waals surface area contributed by atoms with E-state index in [-0.39, 0.29) is 11.8 Å². The van der Waals surface area contributed by atoms with Crippen LogP contribution in [0.4, 0.5) is 5.95 Å². The first-order chi connectivity index (χ1) is 11.2. The van der Waals surface area contributed by atoms with Crippen molar-refractivity contribution >= 4 is 23.5 Å². The number of nitrogens with zero attached hydrogens (tertiary/aromatic N) is 3. The van der Waals surface area contributed by atoms with Gasteiger partial charge >= 0.3 is 5.97 Å². The van der Waals surface area contributed by atoms with Crippen LogP contribution in [0.1, 0.15) is 16.9 Å². The Balaban J connectivity index is 1.65. The summed E-state index contributed by atoms with van der Waals surface area (Å²) in [6, 6.07) is 8.82. The van der Waals surface area contributed by atoms with Gasteiger partial charge in [0.25, 0.3) is 0 Å². The average Bonchev–Trinajstić information content (AvgIpc) is 3.05. The number of hydrogen-bond donors (Lipinski definition) is 0. The fourth-order valence-corrected chi connectivity index (χ4v) is 2.56. The largest absolute Gasteiger partial charge is 0.489 e. The van der Waals surface area contributed by atoms with Crippen LogP contribution in [-0.2, 0) is 4.74 Å². The first kappa shape index (κ1) is 15.6. The van der Waals surface area contributed by atoms with Gasteiger partial charge in [-0.15, -0.1) is 0 Å². The van der Waals surface area contributed by atoms with Gasteiger partial charge in [-0.2, -0.15) is 0 Å². The Labute approximate surface area is 139 Å². The molecular formula is C16H16ClN3O3. The molecule has 1 aliphatic rings. The van der Waals surface area contributed by atoms with Gasteiger partial charge in [0.2, 0.25) is 5.95 Å². The van der Waals surface area contributed by atoms with Gasteiger partial charge in [0.15, 0.2) is 5.69 Å². The highest BCUT2D eigenvalue weighted by atomic mass is 35.5. The molecule has 0 amide bonds. The second-order valence-electron chi connectivity index (χ2n) is 5.16. The van der Waals surface area contributed by atoms with Crippen LogP contribution in [0.3, 0.4) is 0 Å². The van der Waals surface area contributed by atoms with Crippen LogP contribution in [-0.4, -0.2) is 42.2 Å². The number of esters is 1. The van der Waals surface area contributed by atoms with Gasteiger partial charge in [-0.25, -0.2) is 14.8 Å². The minimum Gasteiger partial charge on any atom is -0.489 e. The second kappa shape index (κ2) is 6.83. The van der Waals surface area contributed by atoms with Crippen molar-refractivity contribution in [3.63, 3.8) is 0 Å². The Hall–Kier alpha value is -2.34. The molecule has 0 spiro atoms. The summed E-state index contributed by atoms with van der Waals surface area (Å²) in [7, 11) is 1.33. The first-order valence-corrected chi connectivity index (χ1v) is 7.62. The van der Waals surface area contributed by atoms with Crippen molar-refractivity contribution in [3.8, 4) is 5.75 Å². The number of methoxy groups -OCH3 is 1. The Bertz CT molecular complexity index is 693. The fraction of sp³-hybridized carbons (Fsp3) is 0.312. The second-order valence-corrected chi connectivity index (χ2v) is 5.60. The van der Waals surface area contributed by atoms with Crippen molar-refractivity contribution in [2.45, 2.75) is 12.5 Å². The molecule has 6 nitrogen and oxygen atoms in total. The predicted molar refractivity (Wildman–Crippen MR) is 86.1 cm³/mol. The number of carbonyl (C=O) groups excluding carboxylic acids is 1. The van der Waals surface area contributed by atoms with E-state index in [2.05, 4.69) is 14.7 Å². The number of rotatable bonds is 4. The lowest BCUT2D eigenvalue weighted by Gasteiger charge is -2.17. The van der Waals surface area contributed by atoms with Crippen LogP contribution in [0.15, 0.2) is 36.5 Å². The van der Waals surface area contributed by atoms with Crippen LogP contribution >= 0.6 is 11.6 Å². The summed E-state index contributed by atoms with van der Waals surface area (Å²) in [4.78, 5) is 22.0. The minimum atomic E-state index is -0.471. The molecule has 0 N–H and O–H groups in total. The quantitative estimate of drug-likeness (QED) is 0.801. The molecule has 3 rings (SSSR count). The third-order valence-electron chi connectivity index (χ3n) is 3.58. The summed E-state index contributed by atoms with van der Waals surface area (Å²) in [5.74, 6) is 0.822. The van der Waals surface area contributed by atoms with E-state index in [9.17, 15) is 4.79 Å². The standard InChI is InChI=1S/C16H16ClN3O3/c1-22-15(21)14-6-8-18-16(19-14)20-9-7-13(10-20)23-12-4-2-11(17)3-5-12/h2-6,8,13H,7,9-10H2,1H3. The number of halogens is 1. The first-order valence-electron chi connectivity index (χ1n) is 7.24. The Morgan fingerprint density at radius 1 is 1.30 bits per heavy atom. The van der Waals surface area contributed by atoms with E-state index in [1.54, 1.807) is 18.3 Å². The summed E-state index contributed by atoms with van der Waals surface area (Å²) >= 11 is 5.87. The maximum Gasteiger partial charge on any atom is 0.356 e. The van der Waals surface area contributed by atoms with Crippen LogP contribution in [0.25, 0.3) is 0 Å². The number of anilines is 1. The molecule has 1 saturated heterocycles. The van der Waals surface area contributed by atoms with Crippen molar-refractivity contribution in [2.75, 3.05) is 25.1 Å². The summed E-state index contributed by atoms with van der Waals surface area (Å²) < 4.78 is 10.6. The number of carbonyl (C=O) groups is 1. The van der Waals surface area contributed by atoms with E-state index in [1.807, 2.05) is 17.0 Å². The smallest absolute Gasteiger partial charge is 0.356 e. The molecule has 0 radical (unpaired) electrons. The van der Waals surface area contributed by atoms with Crippen molar-refractivity contribution < 1.29 is 14.3 Å². The van der Waals surface area contributed by atoms with Crippen LogP contribution < -0.4 is 9.64 Å². The molecule has 0 bridgehead atoms. The van der Waals surface area contributed by atoms with Gasteiger partial charge < -0.3 is 14.4 Å². The SMILES string of the molecule is COC(=O)c1ccnc(N2CCC(Oc3ccc(Cl)cc3)C2)n1. The molecule has 2 heterocycles. The molecule has 1 atom stereocenters. The maximum atomic E-state index is 11.5. The molecule has 1 aliphatic heterocycles. The zero-order valence-corrected chi connectivity index (χ0v) is 13.4. The normalized spacial score (nSPS) is 17.1. The van der Waals surface area contributed by atoms with Crippen molar-refractivity contribution in [1.29, 1.82) is 0 Å². The van der Waals surface area contributed by atoms with E-state index >= 15 is 0 Å². The summed E-state index contributed by atoms with van der Waals surface area (Å²) in [6.07, 6.45) is 2.46. The van der Waals surface area contributed by atoms with E-state index < -0.39 is 5.97 Å². The molecule has 1 fully saturated rings. The van der Waals surface area contributed by atoms with Gasteiger partial charge in [-0.1, -0.05) is 11.6 Å². The fourth-order valence-electron chi connectivity index (χ4n) is 2.43. The molecule has 1 aromatic carbocycles. The lowest BCUT2D eigenvalue weighted by atomic mass is 10.3. The Morgan fingerprint density at radius 3 is 2.83 bits per heavy atom. The van der Waals surface area contributed by atoms with Gasteiger partial charge in [0.05, 0.1) is 13.7 Å². The lowest BCUT2D eigenvalue weighted by molar-refractivity contribution is 0.0594. The highest BCUT2D eigenvalue weighted by Gasteiger charge is 2.26. The summed E-state index contributed by atoms with van der Waals surface area (Å²) in [6.45, 7) is 1.43. The van der Waals surface area contributed by atoms with Crippen molar-refractivity contribution in [2.24, 2.45) is 0 Å². The van der Waals surface area contributed by atoms with E-state index in [0.29, 0.717) is 17.5 Å². The molecule has 0 saturated carbocycles. The van der Waals surface area contributed by atoms with Gasteiger partial charge in [-0.05, 0) is 30.3 Å². The molecular weight excluding hydrogens is 318 g/mol. The molecule has 0 aliphatic carbocycles. The minimum absolute atomic E-state index is 0.0431. The van der Waals surface area contributed by atoms with Gasteiger partial charge in [0.1, 0.15) is 11.9 Å². The third kappa shape index (κ3) is 3.71. The van der Waals surface area contributed by atoms with Crippen LogP contribution in [0.2, 0.25) is 5.02 Å². The number of aromatic nitrogens is 2. The summed E-state index contributed by atoms with van der Waals surface area (Å²) in [5, 5.41) is 0.679. The third-order valence-corrected chi connectivity index (χ3v) is 3.83. The Morgan fingerprint density at radius 2 is 2.09 bits per heavy atom. The van der Waals surface area contributed by atoms with E-state index in [4.69, 9.17) is 16.3 Å². The van der Waals surface area contributed by atoms with Crippen LogP contribution in [0, 0.1) is 0 Å². The monoisotopic (exact) mass is 333 g/mol. The van der Waals surface area contributed by atoms with Gasteiger partial charge in [0, 0.05) is 24.2 Å². The molecule has 1 aromatic heterocycles. The van der Waals surface area contributed by atoms with E-state index in [0.717, 1.165) is 18.7 Å². The highest BCUT2D eigenvalue weighted by molar-refractivity contribution is 6.30. The Kier molecular flexibility index (Phi) is 4.62. The highest BCUT2D eigenvalue weighted by Crippen LogP contribution is 2.22. The zero-order chi connectivity index (χ0) is 16.2. The van der Waals surface area contributed by atoms with Gasteiger partial charge in [-0.3, -0.25) is 0 Å². The number of benzene rings is 1. The maximum absolute atomic E-state index is 11.5. The lowest BCUT2D eigenvalue weighted by Crippen LogP contribution is -2.26. The summed E-state index contributed by atoms with van der Waals surface area (Å²) in [5.41, 5.74) is 0.250. The van der Waals surface area contributed by atoms with Crippen molar-refractivity contribution in [3.05, 3.63) is 47.2 Å². The van der Waals surface area contributed by atoms with E-state index in [1.165, 1.54) is 13.2 Å². The van der Waals surface area contributed by atoms with Crippen LogP contribution in [0.5, 0.6) is 5.75 Å². The van der Waals surface area contributed by atoms with Crippen molar-refractivity contribution in [1.82, 2.24) is 9.97 Å². The molecule has 2 aromatic rings. The number of hydrogen-bond acceptors (Lipinski definition) is 6. The predicted octanol–water partition coefficient (Wildman–Crippen LogP) is 2.57. The zero-order valence-electron chi connectivity index (χ0n) is 12.6. The molecule has 23 heavy (non-hydrogen) atoms. The topological polar surface area (TPSA) is 64.5 Å².